The fraction of sp³-hybridized carbons (Fsp3) is 0.450. The van der Waals surface area contributed by atoms with E-state index in [1.807, 2.05) is 0 Å². The first kappa shape index (κ1) is 21.4. The number of halogens is 2. The molecule has 0 aliphatic carbocycles. The van der Waals surface area contributed by atoms with Gasteiger partial charge in [0.25, 0.3) is 0 Å². The number of rotatable bonds is 4. The third-order valence-corrected chi connectivity index (χ3v) is 4.53. The maximum atomic E-state index is 13.7. The molecule has 1 aromatic rings. The highest BCUT2D eigenvalue weighted by molar-refractivity contribution is 6.29. The van der Waals surface area contributed by atoms with E-state index >= 15 is 0 Å². The Bertz CT molecular complexity index is 655. The molecule has 1 saturated heterocycles. The van der Waals surface area contributed by atoms with E-state index in [9.17, 15) is 4.39 Å². The normalized spacial score (nSPS) is 17.7. The van der Waals surface area contributed by atoms with Crippen LogP contribution in [0.1, 0.15) is 31.2 Å². The van der Waals surface area contributed by atoms with Gasteiger partial charge in [0.1, 0.15) is 11.0 Å². The largest absolute Gasteiger partial charge is 0.348 e. The lowest BCUT2D eigenvalue weighted by molar-refractivity contribution is 0.334. The van der Waals surface area contributed by atoms with Crippen molar-refractivity contribution < 1.29 is 4.39 Å². The van der Waals surface area contributed by atoms with E-state index in [-0.39, 0.29) is 12.4 Å². The van der Waals surface area contributed by atoms with E-state index in [2.05, 4.69) is 22.2 Å². The molecule has 2 aliphatic heterocycles. The average Bonchev–Trinajstić information content (AvgIpc) is 2.96. The van der Waals surface area contributed by atoms with Crippen LogP contribution in [0.5, 0.6) is 0 Å². The molecule has 5 nitrogen and oxygen atoms in total. The summed E-state index contributed by atoms with van der Waals surface area (Å²) < 4.78 is 13.7. The summed E-state index contributed by atoms with van der Waals surface area (Å²) >= 11 is 5.83. The third kappa shape index (κ3) is 7.71. The number of hydrogen-bond acceptors (Lipinski definition) is 5. The number of aromatic nitrogens is 1. The average molecular weight is 394 g/mol. The van der Waals surface area contributed by atoms with Gasteiger partial charge in [0, 0.05) is 30.5 Å². The number of nitrogens with zero attached hydrogens (tertiary/aromatic N) is 2. The monoisotopic (exact) mass is 393 g/mol. The summed E-state index contributed by atoms with van der Waals surface area (Å²) in [6.07, 6.45) is 12.0. The number of pyridine rings is 1. The lowest BCUT2D eigenvalue weighted by Gasteiger charge is -2.32. The number of anilines is 1. The van der Waals surface area contributed by atoms with Crippen LogP contribution in [-0.4, -0.2) is 36.1 Å². The van der Waals surface area contributed by atoms with Crippen molar-refractivity contribution in [2.45, 2.75) is 32.2 Å². The Balaban J connectivity index is 0.000000313. The fourth-order valence-corrected chi connectivity index (χ4v) is 3.01. The number of fused-ring (bicyclic) bond motifs is 1. The van der Waals surface area contributed by atoms with Gasteiger partial charge in [-0.05, 0) is 38.1 Å². The second-order valence-corrected chi connectivity index (χ2v) is 6.92. The SMILES string of the molecule is C1CCCNCC1.C=C1Nc2cc(Cl)ncc2CN1C/C(F)=C\C=C/CN. The molecular formula is C20H29ClFN5. The molecule has 0 spiro atoms. The van der Waals surface area contributed by atoms with Crippen molar-refractivity contribution in [2.75, 3.05) is 31.5 Å². The molecule has 3 heterocycles. The van der Waals surface area contributed by atoms with E-state index in [1.54, 1.807) is 29.3 Å². The quantitative estimate of drug-likeness (QED) is 0.534. The Morgan fingerprint density at radius 1 is 1.33 bits per heavy atom. The van der Waals surface area contributed by atoms with Crippen LogP contribution in [0.4, 0.5) is 10.1 Å². The molecule has 7 heteroatoms. The predicted molar refractivity (Wildman–Crippen MR) is 111 cm³/mol. The van der Waals surface area contributed by atoms with Gasteiger partial charge in [-0.2, -0.15) is 0 Å². The van der Waals surface area contributed by atoms with Crippen LogP contribution < -0.4 is 16.4 Å². The number of allylic oxidation sites excluding steroid dienone is 2. The van der Waals surface area contributed by atoms with Crippen LogP contribution in [-0.2, 0) is 6.54 Å². The molecule has 4 N–H and O–H groups in total. The Morgan fingerprint density at radius 2 is 2.07 bits per heavy atom. The van der Waals surface area contributed by atoms with Gasteiger partial charge in [-0.15, -0.1) is 0 Å². The van der Waals surface area contributed by atoms with Gasteiger partial charge >= 0.3 is 0 Å². The number of hydrogen-bond donors (Lipinski definition) is 3. The van der Waals surface area contributed by atoms with Gasteiger partial charge in [0.15, 0.2) is 0 Å². The van der Waals surface area contributed by atoms with Crippen LogP contribution in [0.3, 0.4) is 0 Å². The summed E-state index contributed by atoms with van der Waals surface area (Å²) in [5, 5.41) is 6.86. The summed E-state index contributed by atoms with van der Waals surface area (Å²) in [7, 11) is 0. The first-order valence-electron chi connectivity index (χ1n) is 9.37. The molecule has 0 bridgehead atoms. The van der Waals surface area contributed by atoms with Gasteiger partial charge in [0.2, 0.25) is 0 Å². The Hall–Kier alpha value is -1.89. The van der Waals surface area contributed by atoms with Crippen molar-refractivity contribution in [3.8, 4) is 0 Å². The minimum atomic E-state index is -0.261. The van der Waals surface area contributed by atoms with Crippen molar-refractivity contribution in [3.63, 3.8) is 0 Å². The lowest BCUT2D eigenvalue weighted by atomic mass is 10.1. The van der Waals surface area contributed by atoms with E-state index in [0.29, 0.717) is 24.1 Å². The third-order valence-electron chi connectivity index (χ3n) is 4.32. The van der Waals surface area contributed by atoms with E-state index in [4.69, 9.17) is 17.3 Å². The van der Waals surface area contributed by atoms with Gasteiger partial charge in [0.05, 0.1) is 12.4 Å². The first-order chi connectivity index (χ1) is 13.1. The number of nitrogens with two attached hydrogens (primary N) is 1. The van der Waals surface area contributed by atoms with E-state index in [0.717, 1.165) is 11.3 Å². The highest BCUT2D eigenvalue weighted by Gasteiger charge is 2.19. The first-order valence-corrected chi connectivity index (χ1v) is 9.75. The van der Waals surface area contributed by atoms with Gasteiger partial charge in [-0.25, -0.2) is 9.37 Å². The molecule has 1 fully saturated rings. The topological polar surface area (TPSA) is 66.2 Å². The second kappa shape index (κ2) is 11.7. The van der Waals surface area contributed by atoms with Crippen LogP contribution in [0.25, 0.3) is 0 Å². The summed E-state index contributed by atoms with van der Waals surface area (Å²) in [6.45, 7) is 7.46. The summed E-state index contributed by atoms with van der Waals surface area (Å²) in [6, 6.07) is 1.73. The fourth-order valence-electron chi connectivity index (χ4n) is 2.85. The summed E-state index contributed by atoms with van der Waals surface area (Å²) in [5.74, 6) is 0.370. The molecule has 0 radical (unpaired) electrons. The highest BCUT2D eigenvalue weighted by atomic mass is 35.5. The predicted octanol–water partition coefficient (Wildman–Crippen LogP) is 3.95. The Labute approximate surface area is 166 Å². The van der Waals surface area contributed by atoms with Crippen LogP contribution >= 0.6 is 11.6 Å². The summed E-state index contributed by atoms with van der Waals surface area (Å²) in [5.41, 5.74) is 7.11. The summed E-state index contributed by atoms with van der Waals surface area (Å²) in [4.78, 5) is 5.82. The van der Waals surface area contributed by atoms with Crippen molar-refractivity contribution >= 4 is 17.3 Å². The molecule has 0 saturated carbocycles. The van der Waals surface area contributed by atoms with Crippen molar-refractivity contribution in [1.82, 2.24) is 15.2 Å². The molecule has 0 atom stereocenters. The molecule has 1 aromatic heterocycles. The minimum Gasteiger partial charge on any atom is -0.348 e. The molecule has 27 heavy (non-hydrogen) atoms. The smallest absolute Gasteiger partial charge is 0.131 e. The van der Waals surface area contributed by atoms with Gasteiger partial charge < -0.3 is 21.3 Å². The zero-order chi connectivity index (χ0) is 19.5. The molecule has 0 unspecified atom stereocenters. The lowest BCUT2D eigenvalue weighted by Crippen LogP contribution is -2.32. The van der Waals surface area contributed by atoms with Crippen LogP contribution in [0.2, 0.25) is 5.15 Å². The van der Waals surface area contributed by atoms with Gasteiger partial charge in [-0.1, -0.05) is 43.2 Å². The van der Waals surface area contributed by atoms with Crippen molar-refractivity contribution in [2.24, 2.45) is 5.73 Å². The Morgan fingerprint density at radius 3 is 2.78 bits per heavy atom. The maximum Gasteiger partial charge on any atom is 0.131 e. The second-order valence-electron chi connectivity index (χ2n) is 6.53. The maximum absolute atomic E-state index is 13.7. The standard InChI is InChI=1S/C14H16ClFN4.C6H13N/c1-10-19-13-6-14(15)18-7-11(13)8-20(10)9-12(16)4-2-3-5-17;1-2-4-6-7-5-3-1/h2-4,6-7,19H,1,5,8-9,17H2;7H,1-6H2/b3-2-,12-4+;. The van der Waals surface area contributed by atoms with Crippen LogP contribution in [0, 0.1) is 0 Å². The zero-order valence-electron chi connectivity index (χ0n) is 15.7. The molecule has 148 valence electrons. The van der Waals surface area contributed by atoms with E-state index < -0.39 is 0 Å². The molecule has 3 rings (SSSR count). The molecular weight excluding hydrogens is 365 g/mol. The van der Waals surface area contributed by atoms with Crippen LogP contribution in [0.15, 0.2) is 48.7 Å². The highest BCUT2D eigenvalue weighted by Crippen LogP contribution is 2.28. The zero-order valence-corrected chi connectivity index (χ0v) is 16.4. The van der Waals surface area contributed by atoms with Crippen molar-refractivity contribution in [1.29, 1.82) is 0 Å². The van der Waals surface area contributed by atoms with E-state index in [1.165, 1.54) is 44.8 Å². The number of nitrogens with one attached hydrogen (secondary N) is 2. The molecule has 0 aromatic carbocycles. The molecule has 2 aliphatic rings. The molecule has 0 amide bonds. The van der Waals surface area contributed by atoms with Crippen molar-refractivity contribution in [3.05, 3.63) is 59.4 Å². The van der Waals surface area contributed by atoms with Gasteiger partial charge in [-0.3, -0.25) is 0 Å². The Kier molecular flexibility index (Phi) is 9.31. The minimum absolute atomic E-state index is 0.142.